The van der Waals surface area contributed by atoms with Gasteiger partial charge in [-0.15, -0.1) is 0 Å². The van der Waals surface area contributed by atoms with Gasteiger partial charge in [0.2, 0.25) is 5.91 Å². The normalized spacial score (nSPS) is 12.5. The number of aromatic hydroxyl groups is 1. The summed E-state index contributed by atoms with van der Waals surface area (Å²) in [6.07, 6.45) is 8.32. The highest BCUT2D eigenvalue weighted by Crippen LogP contribution is 2.27. The van der Waals surface area contributed by atoms with Crippen molar-refractivity contribution in [1.82, 2.24) is 5.32 Å². The number of nitrogens with one attached hydrogen (secondary N) is 1. The van der Waals surface area contributed by atoms with Gasteiger partial charge in [0.15, 0.2) is 5.78 Å². The van der Waals surface area contributed by atoms with Crippen LogP contribution in [-0.4, -0.2) is 35.8 Å². The molecule has 0 aromatic heterocycles. The lowest BCUT2D eigenvalue weighted by Crippen LogP contribution is -2.41. The summed E-state index contributed by atoms with van der Waals surface area (Å²) in [4.78, 5) is 24.4. The van der Waals surface area contributed by atoms with Gasteiger partial charge in [0, 0.05) is 12.0 Å². The second-order valence-corrected chi connectivity index (χ2v) is 8.63. The SMILES string of the molecule is CCCCCCCCC(=O)NC(CCCC)C(=O)c1cccc(O)c1S(=O)(=O)O. The number of rotatable bonds is 14. The molecule has 0 aliphatic carbocycles. The van der Waals surface area contributed by atoms with Crippen LogP contribution in [0, 0.1) is 0 Å². The number of carbonyl (C=O) groups is 2. The molecule has 0 saturated heterocycles. The van der Waals surface area contributed by atoms with Gasteiger partial charge in [0.25, 0.3) is 10.1 Å². The summed E-state index contributed by atoms with van der Waals surface area (Å²) in [6.45, 7) is 4.08. The van der Waals surface area contributed by atoms with Crippen molar-refractivity contribution in [2.45, 2.75) is 89.0 Å². The van der Waals surface area contributed by atoms with Gasteiger partial charge in [-0.3, -0.25) is 14.1 Å². The second-order valence-electron chi connectivity index (χ2n) is 7.27. The number of phenols is 1. The van der Waals surface area contributed by atoms with Crippen LogP contribution in [0.5, 0.6) is 5.75 Å². The third-order valence-corrected chi connectivity index (χ3v) is 5.72. The van der Waals surface area contributed by atoms with Crippen molar-refractivity contribution in [2.24, 2.45) is 0 Å². The van der Waals surface area contributed by atoms with E-state index < -0.39 is 32.6 Å². The molecule has 1 rings (SSSR count). The molecule has 0 spiro atoms. The molecule has 7 nitrogen and oxygen atoms in total. The molecule has 0 radical (unpaired) electrons. The molecular formula is C21H33NO6S. The number of phenolic OH excluding ortho intramolecular Hbond substituents is 1. The predicted octanol–water partition coefficient (Wildman–Crippen LogP) is 4.25. The molecule has 1 atom stereocenters. The highest BCUT2D eigenvalue weighted by Gasteiger charge is 2.29. The molecular weight excluding hydrogens is 394 g/mol. The zero-order valence-corrected chi connectivity index (χ0v) is 18.1. The zero-order valence-electron chi connectivity index (χ0n) is 17.3. The van der Waals surface area contributed by atoms with Crippen molar-refractivity contribution in [1.29, 1.82) is 0 Å². The van der Waals surface area contributed by atoms with Gasteiger partial charge in [-0.05, 0) is 25.0 Å². The van der Waals surface area contributed by atoms with E-state index in [2.05, 4.69) is 12.2 Å². The smallest absolute Gasteiger partial charge is 0.298 e. The van der Waals surface area contributed by atoms with E-state index in [1.807, 2.05) is 6.92 Å². The summed E-state index contributed by atoms with van der Waals surface area (Å²) in [6, 6.07) is 2.72. The molecule has 3 N–H and O–H groups in total. The Kier molecular flexibility index (Phi) is 10.9. The van der Waals surface area contributed by atoms with Crippen molar-refractivity contribution in [2.75, 3.05) is 0 Å². The lowest BCUT2D eigenvalue weighted by molar-refractivity contribution is -0.121. The van der Waals surface area contributed by atoms with Crippen LogP contribution in [0.3, 0.4) is 0 Å². The maximum Gasteiger partial charge on any atom is 0.298 e. The van der Waals surface area contributed by atoms with Gasteiger partial charge < -0.3 is 10.4 Å². The van der Waals surface area contributed by atoms with Crippen molar-refractivity contribution in [3.63, 3.8) is 0 Å². The summed E-state index contributed by atoms with van der Waals surface area (Å²) in [5.41, 5.74) is -0.325. The molecule has 0 heterocycles. The Morgan fingerprint density at radius 2 is 1.62 bits per heavy atom. The molecule has 0 bridgehead atoms. The number of benzene rings is 1. The van der Waals surface area contributed by atoms with E-state index in [0.29, 0.717) is 19.3 Å². The highest BCUT2D eigenvalue weighted by molar-refractivity contribution is 7.86. The van der Waals surface area contributed by atoms with Crippen molar-refractivity contribution < 1.29 is 27.7 Å². The molecule has 1 aromatic carbocycles. The number of ketones is 1. The third kappa shape index (κ3) is 8.53. The first kappa shape index (κ1) is 25.1. The summed E-state index contributed by atoms with van der Waals surface area (Å²) in [5.74, 6) is -1.60. The summed E-state index contributed by atoms with van der Waals surface area (Å²) < 4.78 is 32.7. The van der Waals surface area contributed by atoms with Crippen LogP contribution in [0.4, 0.5) is 0 Å². The van der Waals surface area contributed by atoms with Crippen LogP contribution in [-0.2, 0) is 14.9 Å². The van der Waals surface area contributed by atoms with E-state index >= 15 is 0 Å². The van der Waals surface area contributed by atoms with Gasteiger partial charge in [0.1, 0.15) is 10.6 Å². The van der Waals surface area contributed by atoms with Crippen LogP contribution in [0.25, 0.3) is 0 Å². The van der Waals surface area contributed by atoms with Crippen LogP contribution in [0.15, 0.2) is 23.1 Å². The molecule has 164 valence electrons. The molecule has 1 unspecified atom stereocenters. The molecule has 0 aliphatic rings. The van der Waals surface area contributed by atoms with Crippen molar-refractivity contribution in [3.8, 4) is 5.75 Å². The fraction of sp³-hybridized carbons (Fsp3) is 0.619. The molecule has 0 aliphatic heterocycles. The summed E-state index contributed by atoms with van der Waals surface area (Å²) in [5, 5.41) is 12.5. The van der Waals surface area contributed by atoms with Crippen LogP contribution >= 0.6 is 0 Å². The number of amides is 1. The number of Topliss-reactive ketones (excluding diaryl/α,β-unsaturated/α-hetero) is 1. The minimum atomic E-state index is -4.80. The average Bonchev–Trinajstić information content (AvgIpc) is 2.66. The number of carbonyl (C=O) groups excluding carboxylic acids is 2. The quantitative estimate of drug-likeness (QED) is 0.232. The Morgan fingerprint density at radius 1 is 1.00 bits per heavy atom. The minimum absolute atomic E-state index is 0.261. The minimum Gasteiger partial charge on any atom is -0.506 e. The predicted molar refractivity (Wildman–Crippen MR) is 112 cm³/mol. The number of hydrogen-bond donors (Lipinski definition) is 3. The van der Waals surface area contributed by atoms with E-state index in [9.17, 15) is 27.7 Å². The van der Waals surface area contributed by atoms with E-state index in [-0.39, 0.29) is 11.5 Å². The first-order valence-electron chi connectivity index (χ1n) is 10.3. The van der Waals surface area contributed by atoms with Gasteiger partial charge in [-0.2, -0.15) is 8.42 Å². The standard InChI is InChI=1S/C21H33NO6S/c1-3-5-7-8-9-10-15-19(24)22-17(13-6-4-2)20(25)16-12-11-14-18(23)21(16)29(26,27)28/h11-12,14,17,23H,3-10,13,15H2,1-2H3,(H,22,24)(H,26,27,28). The summed E-state index contributed by atoms with van der Waals surface area (Å²) >= 11 is 0. The van der Waals surface area contributed by atoms with Crippen molar-refractivity contribution in [3.05, 3.63) is 23.8 Å². The fourth-order valence-electron chi connectivity index (χ4n) is 3.19. The van der Waals surface area contributed by atoms with Crippen LogP contribution < -0.4 is 5.32 Å². The molecule has 0 fully saturated rings. The van der Waals surface area contributed by atoms with Crippen molar-refractivity contribution >= 4 is 21.8 Å². The maximum atomic E-state index is 13.0. The van der Waals surface area contributed by atoms with E-state index in [1.54, 1.807) is 0 Å². The molecule has 1 aromatic rings. The lowest BCUT2D eigenvalue weighted by atomic mass is 9.98. The topological polar surface area (TPSA) is 121 Å². The van der Waals surface area contributed by atoms with E-state index in [0.717, 1.165) is 44.6 Å². The van der Waals surface area contributed by atoms with E-state index in [1.165, 1.54) is 18.6 Å². The Bertz CT molecular complexity index is 775. The first-order valence-corrected chi connectivity index (χ1v) is 11.8. The van der Waals surface area contributed by atoms with Crippen LogP contribution in [0.1, 0.15) is 88.4 Å². The number of unbranched alkanes of at least 4 members (excludes halogenated alkanes) is 6. The maximum absolute atomic E-state index is 13.0. The molecule has 29 heavy (non-hydrogen) atoms. The van der Waals surface area contributed by atoms with Gasteiger partial charge in [-0.25, -0.2) is 0 Å². The number of hydrogen-bond acceptors (Lipinski definition) is 5. The summed E-state index contributed by atoms with van der Waals surface area (Å²) in [7, 11) is -4.80. The Hall–Kier alpha value is -1.93. The Morgan fingerprint density at radius 3 is 2.24 bits per heavy atom. The molecule has 0 saturated carbocycles. The van der Waals surface area contributed by atoms with Crippen LogP contribution in [0.2, 0.25) is 0 Å². The van der Waals surface area contributed by atoms with Gasteiger partial charge >= 0.3 is 0 Å². The molecule has 8 heteroatoms. The first-order chi connectivity index (χ1) is 13.7. The van der Waals surface area contributed by atoms with Gasteiger partial charge in [-0.1, -0.05) is 64.9 Å². The molecule has 1 amide bonds. The van der Waals surface area contributed by atoms with Gasteiger partial charge in [0.05, 0.1) is 6.04 Å². The van der Waals surface area contributed by atoms with E-state index in [4.69, 9.17) is 0 Å². The Balaban J connectivity index is 2.87. The fourth-order valence-corrected chi connectivity index (χ4v) is 3.97. The Labute approximate surface area is 173 Å². The second kappa shape index (κ2) is 12.6. The monoisotopic (exact) mass is 427 g/mol. The largest absolute Gasteiger partial charge is 0.506 e. The zero-order chi connectivity index (χ0) is 21.9. The highest BCUT2D eigenvalue weighted by atomic mass is 32.2. The lowest BCUT2D eigenvalue weighted by Gasteiger charge is -2.19. The third-order valence-electron chi connectivity index (χ3n) is 4.77. The average molecular weight is 428 g/mol.